The number of nitrogens with zero attached hydrogens (tertiary/aromatic N) is 6. The van der Waals surface area contributed by atoms with Crippen molar-refractivity contribution in [2.45, 2.75) is 32.5 Å². The molecule has 3 heterocycles. The third-order valence-corrected chi connectivity index (χ3v) is 4.44. The van der Waals surface area contributed by atoms with Crippen molar-refractivity contribution in [3.63, 3.8) is 0 Å². The maximum absolute atomic E-state index is 13.5. The molecule has 3 N–H and O–H groups in total. The summed E-state index contributed by atoms with van der Waals surface area (Å²) in [6.07, 6.45) is 2.82. The topological polar surface area (TPSA) is 113 Å². The Morgan fingerprint density at radius 2 is 2.03 bits per heavy atom. The van der Waals surface area contributed by atoms with E-state index >= 15 is 0 Å². The Kier molecular flexibility index (Phi) is 4.85. The van der Waals surface area contributed by atoms with Crippen LogP contribution in [0.4, 0.5) is 10.2 Å². The monoisotopic (exact) mass is 397 g/mol. The van der Waals surface area contributed by atoms with Crippen molar-refractivity contribution in [2.75, 3.05) is 5.32 Å². The molecule has 9 nitrogen and oxygen atoms in total. The molecule has 10 heteroatoms. The van der Waals surface area contributed by atoms with E-state index in [0.717, 1.165) is 0 Å². The van der Waals surface area contributed by atoms with Gasteiger partial charge in [-0.1, -0.05) is 5.21 Å². The fourth-order valence-corrected chi connectivity index (χ4v) is 3.07. The molecule has 0 aliphatic carbocycles. The standard InChI is InChI=1S/C19H20FN7O2/c1-11(28)9-26-10-15(23-25-26)16-8-21-19-6-5-18(24-27(16)19)22-12(2)14-7-13(20)3-4-17(14)29/h3-8,10-12,28-29H,9H2,1-2H3,(H,22,24)/t11-,12-/m1/s1. The van der Waals surface area contributed by atoms with E-state index in [1.807, 2.05) is 0 Å². The number of aliphatic hydroxyl groups excluding tert-OH is 1. The number of phenols is 1. The molecule has 1 aromatic carbocycles. The molecule has 3 aromatic heterocycles. The highest BCUT2D eigenvalue weighted by Crippen LogP contribution is 2.27. The van der Waals surface area contributed by atoms with Crippen LogP contribution in [0.5, 0.6) is 5.75 Å². The summed E-state index contributed by atoms with van der Waals surface area (Å²) in [5.74, 6) is 0.0989. The van der Waals surface area contributed by atoms with Gasteiger partial charge in [0.15, 0.2) is 5.65 Å². The smallest absolute Gasteiger partial charge is 0.154 e. The van der Waals surface area contributed by atoms with Gasteiger partial charge in [0.1, 0.15) is 28.8 Å². The summed E-state index contributed by atoms with van der Waals surface area (Å²) in [6.45, 7) is 3.81. The summed E-state index contributed by atoms with van der Waals surface area (Å²) in [5, 5.41) is 35.3. The lowest BCUT2D eigenvalue weighted by Gasteiger charge is -2.16. The molecule has 0 radical (unpaired) electrons. The zero-order valence-electron chi connectivity index (χ0n) is 15.9. The summed E-state index contributed by atoms with van der Waals surface area (Å²) in [6, 6.07) is 6.98. The van der Waals surface area contributed by atoms with Crippen molar-refractivity contribution in [2.24, 2.45) is 0 Å². The van der Waals surface area contributed by atoms with Crippen molar-refractivity contribution in [1.29, 1.82) is 0 Å². The van der Waals surface area contributed by atoms with E-state index in [4.69, 9.17) is 0 Å². The predicted octanol–water partition coefficient (Wildman–Crippen LogP) is 2.39. The summed E-state index contributed by atoms with van der Waals surface area (Å²) >= 11 is 0. The Labute approximate surface area is 165 Å². The molecular formula is C19H20FN7O2. The largest absolute Gasteiger partial charge is 0.508 e. The molecule has 0 aliphatic rings. The lowest BCUT2D eigenvalue weighted by atomic mass is 10.1. The van der Waals surface area contributed by atoms with E-state index in [0.29, 0.717) is 35.0 Å². The molecule has 0 spiro atoms. The Morgan fingerprint density at radius 3 is 2.83 bits per heavy atom. The van der Waals surface area contributed by atoms with Crippen LogP contribution in [-0.2, 0) is 6.54 Å². The van der Waals surface area contributed by atoms with E-state index in [1.165, 1.54) is 18.2 Å². The number of rotatable bonds is 6. The zero-order chi connectivity index (χ0) is 20.5. The van der Waals surface area contributed by atoms with Gasteiger partial charge < -0.3 is 15.5 Å². The van der Waals surface area contributed by atoms with E-state index in [2.05, 4.69) is 25.7 Å². The summed E-state index contributed by atoms with van der Waals surface area (Å²) in [5.41, 5.74) is 2.26. The van der Waals surface area contributed by atoms with Gasteiger partial charge in [0.25, 0.3) is 0 Å². The molecule has 4 aromatic rings. The Balaban J connectivity index is 1.63. The number of nitrogens with one attached hydrogen (secondary N) is 1. The number of fused-ring (bicyclic) bond motifs is 1. The summed E-state index contributed by atoms with van der Waals surface area (Å²) in [7, 11) is 0. The van der Waals surface area contributed by atoms with Gasteiger partial charge in [0.05, 0.1) is 31.1 Å². The molecule has 0 saturated carbocycles. The molecule has 150 valence electrons. The van der Waals surface area contributed by atoms with Crippen molar-refractivity contribution >= 4 is 11.5 Å². The average molecular weight is 397 g/mol. The van der Waals surface area contributed by atoms with Crippen LogP contribution in [0.3, 0.4) is 0 Å². The van der Waals surface area contributed by atoms with Crippen LogP contribution in [0.2, 0.25) is 0 Å². The minimum atomic E-state index is -0.540. The Bertz CT molecular complexity index is 1150. The zero-order valence-corrected chi connectivity index (χ0v) is 15.9. The summed E-state index contributed by atoms with van der Waals surface area (Å²) < 4.78 is 16.7. The van der Waals surface area contributed by atoms with Crippen LogP contribution >= 0.6 is 0 Å². The third kappa shape index (κ3) is 3.87. The Morgan fingerprint density at radius 1 is 1.21 bits per heavy atom. The van der Waals surface area contributed by atoms with Gasteiger partial charge in [-0.05, 0) is 44.2 Å². The van der Waals surface area contributed by atoms with E-state index in [-0.39, 0.29) is 11.8 Å². The lowest BCUT2D eigenvalue weighted by Crippen LogP contribution is -2.12. The second-order valence-corrected chi connectivity index (χ2v) is 6.88. The minimum Gasteiger partial charge on any atom is -0.508 e. The van der Waals surface area contributed by atoms with E-state index in [9.17, 15) is 14.6 Å². The Hall–Kier alpha value is -3.53. The van der Waals surface area contributed by atoms with Crippen LogP contribution in [-0.4, -0.2) is 45.9 Å². The van der Waals surface area contributed by atoms with Gasteiger partial charge >= 0.3 is 0 Å². The lowest BCUT2D eigenvalue weighted by molar-refractivity contribution is 0.167. The minimum absolute atomic E-state index is 0.00511. The normalized spacial score (nSPS) is 13.5. The van der Waals surface area contributed by atoms with Gasteiger partial charge in [-0.15, -0.1) is 10.2 Å². The highest BCUT2D eigenvalue weighted by atomic mass is 19.1. The van der Waals surface area contributed by atoms with Crippen molar-refractivity contribution < 1.29 is 14.6 Å². The maximum atomic E-state index is 13.5. The predicted molar refractivity (Wildman–Crippen MR) is 104 cm³/mol. The van der Waals surface area contributed by atoms with Crippen LogP contribution in [0.1, 0.15) is 25.5 Å². The molecule has 4 rings (SSSR count). The second kappa shape index (κ2) is 7.47. The number of phenolic OH excluding ortho intramolecular Hbond substituents is 1. The molecule has 0 fully saturated rings. The molecule has 0 amide bonds. The van der Waals surface area contributed by atoms with Crippen molar-refractivity contribution in [1.82, 2.24) is 29.6 Å². The van der Waals surface area contributed by atoms with Crippen molar-refractivity contribution in [3.8, 4) is 17.1 Å². The van der Waals surface area contributed by atoms with Gasteiger partial charge in [-0.3, -0.25) is 0 Å². The molecule has 29 heavy (non-hydrogen) atoms. The highest BCUT2D eigenvalue weighted by Gasteiger charge is 2.15. The van der Waals surface area contributed by atoms with Crippen molar-refractivity contribution in [3.05, 3.63) is 54.1 Å². The molecule has 0 unspecified atom stereocenters. The second-order valence-electron chi connectivity index (χ2n) is 6.88. The van der Waals surface area contributed by atoms with Crippen LogP contribution < -0.4 is 5.32 Å². The maximum Gasteiger partial charge on any atom is 0.154 e. The number of hydrogen-bond acceptors (Lipinski definition) is 7. The van der Waals surface area contributed by atoms with Gasteiger partial charge in [0, 0.05) is 5.56 Å². The average Bonchev–Trinajstić information content (AvgIpc) is 3.29. The summed E-state index contributed by atoms with van der Waals surface area (Å²) in [4.78, 5) is 4.33. The van der Waals surface area contributed by atoms with E-state index < -0.39 is 11.9 Å². The first-order chi connectivity index (χ1) is 13.9. The number of aliphatic hydroxyl groups is 1. The number of anilines is 1. The first kappa shape index (κ1) is 18.8. The van der Waals surface area contributed by atoms with E-state index in [1.54, 1.807) is 47.6 Å². The molecular weight excluding hydrogens is 377 g/mol. The number of aromatic hydroxyl groups is 1. The number of aromatic nitrogens is 6. The third-order valence-electron chi connectivity index (χ3n) is 4.44. The highest BCUT2D eigenvalue weighted by molar-refractivity contribution is 5.59. The SMILES string of the molecule is C[C@@H](O)Cn1cc(-c2cnc3ccc(N[C@H](C)c4cc(F)ccc4O)nn23)nn1. The van der Waals surface area contributed by atoms with Gasteiger partial charge in [0.2, 0.25) is 0 Å². The number of halogens is 1. The number of hydrogen-bond donors (Lipinski definition) is 3. The molecule has 0 aliphatic heterocycles. The van der Waals surface area contributed by atoms with Gasteiger partial charge in [-0.2, -0.15) is 0 Å². The fourth-order valence-electron chi connectivity index (χ4n) is 3.07. The molecule has 2 atom stereocenters. The van der Waals surface area contributed by atoms with Crippen LogP contribution in [0.25, 0.3) is 17.0 Å². The molecule has 0 bridgehead atoms. The number of benzene rings is 1. The first-order valence-corrected chi connectivity index (χ1v) is 9.09. The quantitative estimate of drug-likeness (QED) is 0.458. The first-order valence-electron chi connectivity index (χ1n) is 9.09. The van der Waals surface area contributed by atoms with Gasteiger partial charge in [-0.25, -0.2) is 18.6 Å². The van der Waals surface area contributed by atoms with Crippen LogP contribution in [0, 0.1) is 5.82 Å². The number of imidazole rings is 1. The fraction of sp³-hybridized carbons (Fsp3) is 0.263. The molecule has 0 saturated heterocycles. The van der Waals surface area contributed by atoms with Crippen LogP contribution in [0.15, 0.2) is 42.7 Å².